The minimum absolute atomic E-state index is 1.17. The molecule has 3 heteroatoms. The molecule has 0 fully saturated rings. The molecular weight excluding hydrogens is 733 g/mol. The second kappa shape index (κ2) is 13.2. The van der Waals surface area contributed by atoms with Gasteiger partial charge in [0.25, 0.3) is 0 Å². The molecule has 1 aliphatic carbocycles. The van der Waals surface area contributed by atoms with Crippen LogP contribution in [0, 0.1) is 13.8 Å². The second-order valence-electron chi connectivity index (χ2n) is 15.9. The largest absolute Gasteiger partial charge is 0.265 e. The fourth-order valence-corrected chi connectivity index (χ4v) is 10.8. The van der Waals surface area contributed by atoms with Crippen LogP contribution >= 0.6 is 11.3 Å². The molecule has 11 aromatic rings. The molecule has 12 rings (SSSR count). The van der Waals surface area contributed by atoms with E-state index in [4.69, 9.17) is 0 Å². The zero-order valence-electron chi connectivity index (χ0n) is 32.6. The molecule has 0 unspecified atom stereocenters. The van der Waals surface area contributed by atoms with E-state index < -0.39 is 0 Å². The Morgan fingerprint density at radius 1 is 0.339 bits per heavy atom. The molecule has 276 valence electrons. The van der Waals surface area contributed by atoms with Gasteiger partial charge < -0.3 is 0 Å². The van der Waals surface area contributed by atoms with Crippen LogP contribution in [0.2, 0.25) is 0 Å². The standard InChI is InChI=1S/C56H36N2S/c1-33-10-14-35(15-11-33)39-18-21-50-47(30-39)49-32-40(36-16-12-34(2)13-17-36)31-48(56(49)59-50)41-19-20-46-53-42(41)8-5-9-45(53)54-51(37-22-26-57-27-23-37)43-6-3-4-7-44(43)52(55(46)54)38-24-28-58-29-25-38/h3-32H,1-2H3. The molecule has 0 atom stereocenters. The summed E-state index contributed by atoms with van der Waals surface area (Å²) in [7, 11) is 0. The highest BCUT2D eigenvalue weighted by molar-refractivity contribution is 7.26. The number of fused-ring (bicyclic) bond motifs is 7. The maximum Gasteiger partial charge on any atom is 0.0434 e. The summed E-state index contributed by atoms with van der Waals surface area (Å²) in [4.78, 5) is 8.85. The van der Waals surface area contributed by atoms with E-state index in [-0.39, 0.29) is 0 Å². The fourth-order valence-electron chi connectivity index (χ4n) is 9.59. The van der Waals surface area contributed by atoms with Crippen LogP contribution in [0.4, 0.5) is 0 Å². The van der Waals surface area contributed by atoms with E-state index in [1.165, 1.54) is 131 Å². The Morgan fingerprint density at radius 3 is 1.49 bits per heavy atom. The lowest BCUT2D eigenvalue weighted by atomic mass is 9.83. The third-order valence-corrected chi connectivity index (χ3v) is 13.6. The lowest BCUT2D eigenvalue weighted by molar-refractivity contribution is 1.33. The number of thiophene rings is 1. The predicted octanol–water partition coefficient (Wildman–Crippen LogP) is 15.8. The highest BCUT2D eigenvalue weighted by Gasteiger charge is 2.31. The summed E-state index contributed by atoms with van der Waals surface area (Å²) in [6, 6.07) is 59.0. The van der Waals surface area contributed by atoms with Gasteiger partial charge in [-0.1, -0.05) is 120 Å². The molecule has 0 amide bonds. The number of hydrogen-bond acceptors (Lipinski definition) is 3. The number of rotatable bonds is 5. The minimum atomic E-state index is 1.17. The number of aromatic nitrogens is 2. The van der Waals surface area contributed by atoms with Gasteiger partial charge in [-0.15, -0.1) is 11.3 Å². The third-order valence-electron chi connectivity index (χ3n) is 12.4. The maximum absolute atomic E-state index is 4.42. The van der Waals surface area contributed by atoms with Crippen LogP contribution in [0.1, 0.15) is 11.1 Å². The average Bonchev–Trinajstić information content (AvgIpc) is 3.82. The number of aryl methyl sites for hydroxylation is 2. The quantitative estimate of drug-likeness (QED) is 0.174. The molecule has 3 aromatic heterocycles. The van der Waals surface area contributed by atoms with Crippen LogP contribution in [0.5, 0.6) is 0 Å². The molecule has 2 nitrogen and oxygen atoms in total. The van der Waals surface area contributed by atoms with Gasteiger partial charge in [0, 0.05) is 50.5 Å². The molecule has 0 spiro atoms. The van der Waals surface area contributed by atoms with Gasteiger partial charge >= 0.3 is 0 Å². The van der Waals surface area contributed by atoms with Gasteiger partial charge in [0.15, 0.2) is 0 Å². The van der Waals surface area contributed by atoms with E-state index >= 15 is 0 Å². The van der Waals surface area contributed by atoms with Gasteiger partial charge in [-0.2, -0.15) is 0 Å². The Morgan fingerprint density at radius 2 is 0.864 bits per heavy atom. The smallest absolute Gasteiger partial charge is 0.0434 e. The summed E-state index contributed by atoms with van der Waals surface area (Å²) in [6.45, 7) is 4.31. The van der Waals surface area contributed by atoms with Crippen LogP contribution in [0.25, 0.3) is 120 Å². The van der Waals surface area contributed by atoms with Crippen LogP contribution in [-0.2, 0) is 0 Å². The van der Waals surface area contributed by atoms with E-state index in [1.807, 2.05) is 36.1 Å². The van der Waals surface area contributed by atoms with Crippen molar-refractivity contribution in [1.82, 2.24) is 9.97 Å². The molecule has 0 saturated carbocycles. The first-order valence-electron chi connectivity index (χ1n) is 20.2. The van der Waals surface area contributed by atoms with Gasteiger partial charge in [-0.3, -0.25) is 9.97 Å². The summed E-state index contributed by atoms with van der Waals surface area (Å²) in [5.41, 5.74) is 19.9. The Bertz CT molecular complexity index is 3380. The summed E-state index contributed by atoms with van der Waals surface area (Å²) >= 11 is 1.90. The Balaban J connectivity index is 1.17. The van der Waals surface area contributed by atoms with Crippen molar-refractivity contribution >= 4 is 53.1 Å². The number of pyridine rings is 2. The third kappa shape index (κ3) is 5.25. The van der Waals surface area contributed by atoms with Crippen molar-refractivity contribution in [3.8, 4) is 77.9 Å². The van der Waals surface area contributed by atoms with Crippen molar-refractivity contribution in [3.63, 3.8) is 0 Å². The fraction of sp³-hybridized carbons (Fsp3) is 0.0357. The average molecular weight is 769 g/mol. The number of hydrogen-bond donors (Lipinski definition) is 0. The summed E-state index contributed by atoms with van der Waals surface area (Å²) in [5, 5.41) is 7.63. The Labute approximate surface area is 346 Å². The van der Waals surface area contributed by atoms with Crippen molar-refractivity contribution in [2.45, 2.75) is 13.8 Å². The first kappa shape index (κ1) is 33.9. The van der Waals surface area contributed by atoms with Gasteiger partial charge in [0.2, 0.25) is 0 Å². The number of nitrogens with zero attached hydrogens (tertiary/aromatic N) is 2. The van der Waals surface area contributed by atoms with Gasteiger partial charge in [0.1, 0.15) is 0 Å². The first-order valence-corrected chi connectivity index (χ1v) is 21.0. The van der Waals surface area contributed by atoms with E-state index in [9.17, 15) is 0 Å². The van der Waals surface area contributed by atoms with Gasteiger partial charge in [-0.25, -0.2) is 0 Å². The van der Waals surface area contributed by atoms with Gasteiger partial charge in [-0.05, 0) is 156 Å². The normalized spacial score (nSPS) is 11.9. The van der Waals surface area contributed by atoms with Crippen LogP contribution in [0.3, 0.4) is 0 Å². The van der Waals surface area contributed by atoms with E-state index in [2.05, 4.69) is 182 Å². The van der Waals surface area contributed by atoms with Crippen LogP contribution in [0.15, 0.2) is 183 Å². The van der Waals surface area contributed by atoms with Crippen molar-refractivity contribution < 1.29 is 0 Å². The van der Waals surface area contributed by atoms with E-state index in [0.29, 0.717) is 0 Å². The highest BCUT2D eigenvalue weighted by atomic mass is 32.1. The summed E-state index contributed by atoms with van der Waals surface area (Å²) in [6.07, 6.45) is 7.65. The second-order valence-corrected chi connectivity index (χ2v) is 16.9. The first-order chi connectivity index (χ1) is 29.1. The minimum Gasteiger partial charge on any atom is -0.265 e. The van der Waals surface area contributed by atoms with Gasteiger partial charge in [0.05, 0.1) is 0 Å². The number of benzene rings is 8. The molecule has 3 heterocycles. The zero-order chi connectivity index (χ0) is 39.2. The monoisotopic (exact) mass is 768 g/mol. The Kier molecular flexibility index (Phi) is 7.57. The summed E-state index contributed by atoms with van der Waals surface area (Å²) in [5.74, 6) is 0. The highest BCUT2D eigenvalue weighted by Crippen LogP contribution is 2.59. The van der Waals surface area contributed by atoms with E-state index in [0.717, 1.165) is 0 Å². The molecule has 0 bridgehead atoms. The maximum atomic E-state index is 4.42. The Hall–Kier alpha value is -7.20. The van der Waals surface area contributed by atoms with Crippen molar-refractivity contribution in [3.05, 3.63) is 194 Å². The van der Waals surface area contributed by atoms with Crippen molar-refractivity contribution in [2.75, 3.05) is 0 Å². The predicted molar refractivity (Wildman–Crippen MR) is 251 cm³/mol. The molecule has 8 aromatic carbocycles. The topological polar surface area (TPSA) is 25.8 Å². The molecule has 0 saturated heterocycles. The van der Waals surface area contributed by atoms with Crippen molar-refractivity contribution in [2.24, 2.45) is 0 Å². The molecular formula is C56H36N2S. The van der Waals surface area contributed by atoms with Crippen LogP contribution in [-0.4, -0.2) is 9.97 Å². The molecule has 0 aliphatic heterocycles. The summed E-state index contributed by atoms with van der Waals surface area (Å²) < 4.78 is 2.61. The SMILES string of the molecule is Cc1ccc(-c2ccc3sc4c(-c5ccc6c7c(cccc57)-c5c-6c(-c6ccncc6)c6ccccc6c5-c5ccncc5)cc(-c5ccc(C)cc5)cc4c3c2)cc1. The zero-order valence-corrected chi connectivity index (χ0v) is 33.4. The lowest BCUT2D eigenvalue weighted by Crippen LogP contribution is -1.93. The lowest BCUT2D eigenvalue weighted by Gasteiger charge is -2.20. The van der Waals surface area contributed by atoms with Crippen LogP contribution < -0.4 is 0 Å². The molecule has 0 radical (unpaired) electrons. The molecule has 59 heavy (non-hydrogen) atoms. The molecule has 0 N–H and O–H groups in total. The molecule has 1 aliphatic rings. The van der Waals surface area contributed by atoms with E-state index in [1.54, 1.807) is 0 Å². The van der Waals surface area contributed by atoms with Crippen molar-refractivity contribution in [1.29, 1.82) is 0 Å².